The molecule has 1 saturated heterocycles. The van der Waals surface area contributed by atoms with Gasteiger partial charge in [0.05, 0.1) is 25.0 Å². The molecule has 224 valence electrons. The normalized spacial score (nSPS) is 34.8. The average molecular weight is 580 g/mol. The fourth-order valence-corrected chi connectivity index (χ4v) is 5.30. The highest BCUT2D eigenvalue weighted by Gasteiger charge is 2.54. The van der Waals surface area contributed by atoms with Gasteiger partial charge in [0, 0.05) is 23.8 Å². The van der Waals surface area contributed by atoms with Crippen LogP contribution in [0.25, 0.3) is 6.08 Å². The molecule has 14 nitrogen and oxygen atoms in total. The second kappa shape index (κ2) is 13.1. The number of esters is 2. The maximum absolute atomic E-state index is 12.7. The van der Waals surface area contributed by atoms with E-state index in [-0.39, 0.29) is 18.5 Å². The number of nitrogens with two attached hydrogens (primary N) is 1. The third-order valence-corrected chi connectivity index (χ3v) is 7.51. The fourth-order valence-electron chi connectivity index (χ4n) is 5.30. The minimum absolute atomic E-state index is 0.0416. The van der Waals surface area contributed by atoms with Crippen LogP contribution in [0.5, 0.6) is 5.75 Å². The molecule has 41 heavy (non-hydrogen) atoms. The predicted molar refractivity (Wildman–Crippen MR) is 136 cm³/mol. The number of fused-ring (bicyclic) bond motifs is 1. The summed E-state index contributed by atoms with van der Waals surface area (Å²) in [4.78, 5) is 35.8. The van der Waals surface area contributed by atoms with Crippen LogP contribution in [0.1, 0.15) is 18.9 Å². The molecule has 2 fully saturated rings. The Balaban J connectivity index is 1.43. The minimum Gasteiger partial charge on any atom is -0.478 e. The van der Waals surface area contributed by atoms with Gasteiger partial charge < -0.3 is 55.0 Å². The molecule has 1 aliphatic carbocycles. The molecule has 1 aromatic rings. The Hall–Kier alpha value is -3.37. The summed E-state index contributed by atoms with van der Waals surface area (Å²) < 4.78 is 27.4. The largest absolute Gasteiger partial charge is 0.478 e. The average Bonchev–Trinajstić information content (AvgIpc) is 3.28. The third-order valence-electron chi connectivity index (χ3n) is 7.51. The van der Waals surface area contributed by atoms with Crippen molar-refractivity contribution in [3.8, 4) is 5.75 Å². The summed E-state index contributed by atoms with van der Waals surface area (Å²) in [6.07, 6.45) is -5.63. The predicted octanol–water partition coefficient (Wildman–Crippen LogP) is -1.11. The molecule has 0 spiro atoms. The van der Waals surface area contributed by atoms with E-state index >= 15 is 0 Å². The lowest BCUT2D eigenvalue weighted by molar-refractivity contribution is -0.342. The summed E-state index contributed by atoms with van der Waals surface area (Å²) in [5.41, 5.74) is 5.80. The van der Waals surface area contributed by atoms with Crippen LogP contribution in [-0.2, 0) is 33.3 Å². The van der Waals surface area contributed by atoms with Crippen molar-refractivity contribution in [1.29, 1.82) is 0 Å². The van der Waals surface area contributed by atoms with E-state index in [0.29, 0.717) is 11.3 Å². The van der Waals surface area contributed by atoms with Crippen molar-refractivity contribution < 1.29 is 63.6 Å². The maximum Gasteiger partial charge on any atom is 0.334 e. The van der Waals surface area contributed by atoms with Crippen molar-refractivity contribution in [2.45, 2.75) is 56.4 Å². The van der Waals surface area contributed by atoms with Gasteiger partial charge in [0.1, 0.15) is 36.3 Å². The smallest absolute Gasteiger partial charge is 0.334 e. The number of carboxylic acids is 1. The van der Waals surface area contributed by atoms with Gasteiger partial charge in [-0.2, -0.15) is 0 Å². The summed E-state index contributed by atoms with van der Waals surface area (Å²) in [6, 6.07) is 6.32. The summed E-state index contributed by atoms with van der Waals surface area (Å²) in [6.45, 7) is 0.829. The Bertz CT molecular complexity index is 1170. The zero-order valence-electron chi connectivity index (χ0n) is 22.0. The lowest BCUT2D eigenvalue weighted by Gasteiger charge is -2.43. The Morgan fingerprint density at radius 2 is 1.78 bits per heavy atom. The number of hydrogen-bond acceptors (Lipinski definition) is 13. The molecular formula is C27H33NO13. The number of aliphatic hydroxyl groups is 4. The molecule has 0 aromatic heterocycles. The molecule has 0 bridgehead atoms. The molecule has 1 saturated carbocycles. The monoisotopic (exact) mass is 579 g/mol. The maximum atomic E-state index is 12.7. The van der Waals surface area contributed by atoms with Crippen molar-refractivity contribution in [2.75, 3.05) is 13.2 Å². The van der Waals surface area contributed by atoms with Crippen LogP contribution in [0.4, 0.5) is 0 Å². The fraction of sp³-hybridized carbons (Fsp3) is 0.519. The van der Waals surface area contributed by atoms with Gasteiger partial charge in [-0.25, -0.2) is 9.59 Å². The molecule has 1 aromatic carbocycles. The van der Waals surface area contributed by atoms with E-state index in [1.807, 2.05) is 0 Å². The van der Waals surface area contributed by atoms with Crippen molar-refractivity contribution in [3.63, 3.8) is 0 Å². The van der Waals surface area contributed by atoms with Crippen molar-refractivity contribution >= 4 is 24.0 Å². The highest BCUT2D eigenvalue weighted by atomic mass is 16.8. The third kappa shape index (κ3) is 6.76. The number of rotatable bonds is 9. The zero-order chi connectivity index (χ0) is 29.8. The number of hydrogen-bond donors (Lipinski definition) is 6. The van der Waals surface area contributed by atoms with Crippen molar-refractivity contribution in [1.82, 2.24) is 0 Å². The number of ether oxygens (including phenoxy) is 5. The lowest BCUT2D eigenvalue weighted by atomic mass is 9.83. The van der Waals surface area contributed by atoms with Crippen LogP contribution < -0.4 is 10.5 Å². The highest BCUT2D eigenvalue weighted by molar-refractivity contribution is 5.88. The second-order valence-corrected chi connectivity index (χ2v) is 10.1. The number of carbonyl (C=O) groups excluding carboxylic acids is 2. The van der Waals surface area contributed by atoms with Gasteiger partial charge >= 0.3 is 17.9 Å². The van der Waals surface area contributed by atoms with E-state index in [2.05, 4.69) is 0 Å². The molecule has 7 N–H and O–H groups in total. The number of benzene rings is 1. The first-order valence-electron chi connectivity index (χ1n) is 13.0. The summed E-state index contributed by atoms with van der Waals surface area (Å²) in [7, 11) is 0. The standard InChI is InChI=1S/C27H33NO13/c1-12-17(39-19(30)7-4-13-2-5-14(6-3-13)38-20(31)9-28)8-15-16(25(35)36)11-37-26(21(12)15)41-27-24(34)23(33)22(32)18(10-29)40-27/h2-7,11-12,15,17-18,21-24,26-27,29,32-34H,8-10,28H2,1H3,(H,35,36)/t12-,15+,17-,18+,21+,22+,23-,24+,26-,27-/m0/s1. The van der Waals surface area contributed by atoms with Gasteiger partial charge in [-0.3, -0.25) is 4.79 Å². The van der Waals surface area contributed by atoms with Gasteiger partial charge in [-0.15, -0.1) is 0 Å². The second-order valence-electron chi connectivity index (χ2n) is 10.1. The quantitative estimate of drug-likeness (QED) is 0.116. The Morgan fingerprint density at radius 1 is 1.07 bits per heavy atom. The van der Waals surface area contributed by atoms with Crippen LogP contribution in [0, 0.1) is 17.8 Å². The molecule has 10 atom stereocenters. The van der Waals surface area contributed by atoms with E-state index in [4.69, 9.17) is 29.4 Å². The van der Waals surface area contributed by atoms with Gasteiger partial charge in [0.2, 0.25) is 6.29 Å². The molecular weight excluding hydrogens is 546 g/mol. The van der Waals surface area contributed by atoms with Gasteiger partial charge in [-0.1, -0.05) is 19.1 Å². The topological polar surface area (TPSA) is 225 Å². The summed E-state index contributed by atoms with van der Waals surface area (Å²) in [5.74, 6) is -3.94. The molecule has 14 heteroatoms. The Morgan fingerprint density at radius 3 is 2.41 bits per heavy atom. The number of aliphatic hydroxyl groups excluding tert-OH is 4. The molecule has 0 radical (unpaired) electrons. The van der Waals surface area contributed by atoms with Gasteiger partial charge in [0.15, 0.2) is 6.29 Å². The summed E-state index contributed by atoms with van der Waals surface area (Å²) >= 11 is 0. The number of carboxylic acid groups (broad SMARTS) is 1. The Labute approximate surface area is 234 Å². The van der Waals surface area contributed by atoms with Crippen LogP contribution in [0.15, 0.2) is 42.2 Å². The highest BCUT2D eigenvalue weighted by Crippen LogP contribution is 2.48. The van der Waals surface area contributed by atoms with Gasteiger partial charge in [0.25, 0.3) is 0 Å². The van der Waals surface area contributed by atoms with Crippen LogP contribution >= 0.6 is 0 Å². The molecule has 2 aliphatic heterocycles. The number of aliphatic carboxylic acids is 1. The van der Waals surface area contributed by atoms with E-state index in [0.717, 1.165) is 6.26 Å². The van der Waals surface area contributed by atoms with Crippen LogP contribution in [0.3, 0.4) is 0 Å². The summed E-state index contributed by atoms with van der Waals surface area (Å²) in [5, 5.41) is 49.7. The van der Waals surface area contributed by atoms with Gasteiger partial charge in [-0.05, 0) is 30.2 Å². The molecule has 0 amide bonds. The van der Waals surface area contributed by atoms with E-state index in [9.17, 15) is 39.9 Å². The zero-order valence-corrected chi connectivity index (χ0v) is 22.0. The van der Waals surface area contributed by atoms with Crippen molar-refractivity contribution in [2.24, 2.45) is 23.5 Å². The first-order valence-corrected chi connectivity index (χ1v) is 13.0. The van der Waals surface area contributed by atoms with Crippen LogP contribution in [0.2, 0.25) is 0 Å². The van der Waals surface area contributed by atoms with Crippen molar-refractivity contribution in [3.05, 3.63) is 47.7 Å². The first kappa shape index (κ1) is 30.6. The number of carbonyl (C=O) groups is 3. The molecule has 3 aliphatic rings. The Kier molecular flexibility index (Phi) is 9.76. The molecule has 4 rings (SSSR count). The van der Waals surface area contributed by atoms with Crippen LogP contribution in [-0.4, -0.2) is 99.7 Å². The lowest BCUT2D eigenvalue weighted by Crippen LogP contribution is -2.60. The first-order chi connectivity index (χ1) is 19.5. The van der Waals surface area contributed by atoms with E-state index < -0.39 is 85.4 Å². The minimum atomic E-state index is -1.68. The van der Waals surface area contributed by atoms with E-state index in [1.54, 1.807) is 19.1 Å². The SMILES string of the molecule is C[C@@H]1[C@H]2[C@H](O[C@@H]3O[C@H](CO)[C@@H](O)[C@H](O)[C@H]3O)OC=C(C(=O)O)[C@H]2C[C@@H]1OC(=O)C=Cc1ccc(OC(=O)CN)cc1. The molecule has 0 unspecified atom stereocenters. The molecule has 2 heterocycles. The van der Waals surface area contributed by atoms with E-state index in [1.165, 1.54) is 24.3 Å².